The van der Waals surface area contributed by atoms with Crippen molar-refractivity contribution in [2.45, 2.75) is 124 Å². The molecular formula is C28H47NO4. The molecule has 1 rings (SSSR count). The van der Waals surface area contributed by atoms with Crippen molar-refractivity contribution in [1.29, 1.82) is 0 Å². The number of unbranched alkanes of at least 4 members (excludes halogenated alkanes) is 12. The third-order valence-corrected chi connectivity index (χ3v) is 6.39. The van der Waals surface area contributed by atoms with E-state index in [-0.39, 0.29) is 23.4 Å². The van der Waals surface area contributed by atoms with Gasteiger partial charge in [0.1, 0.15) is 17.5 Å². The fraction of sp³-hybridized carbons (Fsp3) is 0.750. The van der Waals surface area contributed by atoms with Crippen LogP contribution in [0.4, 0.5) is 0 Å². The number of nitrogens with zero attached hydrogens (tertiary/aromatic N) is 1. The molecule has 188 valence electrons. The summed E-state index contributed by atoms with van der Waals surface area (Å²) in [5.41, 5.74) is 0.288. The Bertz CT molecular complexity index is 661. The van der Waals surface area contributed by atoms with Crippen LogP contribution in [0.25, 0.3) is 0 Å². The van der Waals surface area contributed by atoms with Crippen molar-refractivity contribution in [3.63, 3.8) is 0 Å². The molecular weight excluding hydrogens is 414 g/mol. The van der Waals surface area contributed by atoms with Gasteiger partial charge >= 0.3 is 11.9 Å². The van der Waals surface area contributed by atoms with E-state index in [0.717, 1.165) is 19.3 Å². The fourth-order valence-electron chi connectivity index (χ4n) is 3.70. The van der Waals surface area contributed by atoms with Gasteiger partial charge in [-0.2, -0.15) is 0 Å². The van der Waals surface area contributed by atoms with E-state index in [0.29, 0.717) is 6.61 Å². The zero-order valence-corrected chi connectivity index (χ0v) is 21.6. The number of carbonyl (C=O) groups is 2. The number of pyridine rings is 1. The maximum atomic E-state index is 12.3. The number of aromatic nitrogens is 1. The van der Waals surface area contributed by atoms with Gasteiger partial charge in [0.15, 0.2) is 0 Å². The number of hydrogen-bond donors (Lipinski definition) is 0. The Kier molecular flexibility index (Phi) is 16.3. The lowest BCUT2D eigenvalue weighted by Gasteiger charge is -2.18. The Morgan fingerprint density at radius 1 is 0.758 bits per heavy atom. The van der Waals surface area contributed by atoms with Gasteiger partial charge in [-0.15, -0.1) is 0 Å². The Labute approximate surface area is 202 Å². The molecule has 2 unspecified atom stereocenters. The van der Waals surface area contributed by atoms with Crippen molar-refractivity contribution in [3.05, 3.63) is 29.6 Å². The molecule has 2 atom stereocenters. The lowest BCUT2D eigenvalue weighted by atomic mass is 10.0. The second-order valence-electron chi connectivity index (χ2n) is 9.28. The van der Waals surface area contributed by atoms with Crippen LogP contribution in [0.2, 0.25) is 0 Å². The molecule has 0 saturated carbocycles. The molecule has 1 aromatic rings. The Balaban J connectivity index is 2.14. The summed E-state index contributed by atoms with van der Waals surface area (Å²) in [6.07, 6.45) is 17.3. The van der Waals surface area contributed by atoms with Crippen LogP contribution in [0.15, 0.2) is 18.2 Å². The Hall–Kier alpha value is -1.91. The molecule has 5 nitrogen and oxygen atoms in total. The minimum atomic E-state index is -0.506. The molecule has 1 heterocycles. The third kappa shape index (κ3) is 13.4. The van der Waals surface area contributed by atoms with Gasteiger partial charge in [-0.25, -0.2) is 14.6 Å². The van der Waals surface area contributed by atoms with Crippen LogP contribution in [-0.4, -0.2) is 29.6 Å². The molecule has 0 radical (unpaired) electrons. The Morgan fingerprint density at radius 3 is 1.76 bits per heavy atom. The van der Waals surface area contributed by atoms with Gasteiger partial charge in [-0.1, -0.05) is 110 Å². The molecule has 0 aliphatic rings. The van der Waals surface area contributed by atoms with Crippen LogP contribution < -0.4 is 0 Å². The van der Waals surface area contributed by atoms with Crippen LogP contribution >= 0.6 is 0 Å². The molecule has 33 heavy (non-hydrogen) atoms. The summed E-state index contributed by atoms with van der Waals surface area (Å²) < 4.78 is 10.8. The average Bonchev–Trinajstić information content (AvgIpc) is 2.83. The predicted octanol–water partition coefficient (Wildman–Crippen LogP) is 7.92. The summed E-state index contributed by atoms with van der Waals surface area (Å²) in [5, 5.41) is 0. The normalized spacial score (nSPS) is 12.8. The quantitative estimate of drug-likeness (QED) is 0.155. The maximum Gasteiger partial charge on any atom is 0.357 e. The molecule has 0 aliphatic carbocycles. The summed E-state index contributed by atoms with van der Waals surface area (Å²) in [5.74, 6) is -0.727. The van der Waals surface area contributed by atoms with Gasteiger partial charge in [-0.05, 0) is 31.4 Å². The van der Waals surface area contributed by atoms with Gasteiger partial charge < -0.3 is 9.47 Å². The van der Waals surface area contributed by atoms with E-state index < -0.39 is 11.9 Å². The zero-order valence-electron chi connectivity index (χ0n) is 21.6. The topological polar surface area (TPSA) is 65.5 Å². The summed E-state index contributed by atoms with van der Waals surface area (Å²) in [6, 6.07) is 4.77. The standard InChI is InChI=1S/C28H47NO4/c1-5-7-8-9-10-11-12-13-14-15-16-17-18-22-32-27(30)25-20-19-21-26(29-25)28(31)33-24(4)23(3)6-2/h19-21,23-24H,5-18,22H2,1-4H3. The highest BCUT2D eigenvalue weighted by Gasteiger charge is 2.19. The molecule has 0 aromatic carbocycles. The smallest absolute Gasteiger partial charge is 0.357 e. The first-order valence-electron chi connectivity index (χ1n) is 13.3. The van der Waals surface area contributed by atoms with E-state index in [2.05, 4.69) is 18.8 Å². The van der Waals surface area contributed by atoms with Crippen LogP contribution in [0, 0.1) is 5.92 Å². The van der Waals surface area contributed by atoms with Crippen molar-refractivity contribution in [2.75, 3.05) is 6.61 Å². The first-order chi connectivity index (χ1) is 16.0. The molecule has 0 fully saturated rings. The minimum Gasteiger partial charge on any atom is -0.461 e. The van der Waals surface area contributed by atoms with E-state index in [4.69, 9.17) is 9.47 Å². The first kappa shape index (κ1) is 29.1. The predicted molar refractivity (Wildman–Crippen MR) is 135 cm³/mol. The number of ether oxygens (including phenoxy) is 2. The highest BCUT2D eigenvalue weighted by atomic mass is 16.5. The van der Waals surface area contributed by atoms with E-state index in [1.54, 1.807) is 18.2 Å². The molecule has 5 heteroatoms. The SMILES string of the molecule is CCCCCCCCCCCCCCCOC(=O)c1cccc(C(=O)OC(C)C(C)CC)n1. The Morgan fingerprint density at radius 2 is 1.24 bits per heavy atom. The van der Waals surface area contributed by atoms with Gasteiger partial charge in [-0.3, -0.25) is 0 Å². The summed E-state index contributed by atoms with van der Waals surface area (Å²) in [7, 11) is 0. The van der Waals surface area contributed by atoms with Crippen molar-refractivity contribution < 1.29 is 19.1 Å². The summed E-state index contributed by atoms with van der Waals surface area (Å²) >= 11 is 0. The van der Waals surface area contributed by atoms with Crippen molar-refractivity contribution in [3.8, 4) is 0 Å². The number of hydrogen-bond acceptors (Lipinski definition) is 5. The fourth-order valence-corrected chi connectivity index (χ4v) is 3.70. The van der Waals surface area contributed by atoms with Gasteiger partial charge in [0.2, 0.25) is 0 Å². The summed E-state index contributed by atoms with van der Waals surface area (Å²) in [6.45, 7) is 8.62. The lowest BCUT2D eigenvalue weighted by Crippen LogP contribution is -2.22. The van der Waals surface area contributed by atoms with Crippen LogP contribution in [-0.2, 0) is 9.47 Å². The highest BCUT2D eigenvalue weighted by Crippen LogP contribution is 2.14. The first-order valence-corrected chi connectivity index (χ1v) is 13.3. The molecule has 0 amide bonds. The van der Waals surface area contributed by atoms with Crippen LogP contribution in [0.3, 0.4) is 0 Å². The monoisotopic (exact) mass is 461 g/mol. The lowest BCUT2D eigenvalue weighted by molar-refractivity contribution is 0.0206. The van der Waals surface area contributed by atoms with Gasteiger partial charge in [0.25, 0.3) is 0 Å². The zero-order chi connectivity index (χ0) is 24.3. The molecule has 0 aliphatic heterocycles. The molecule has 0 spiro atoms. The number of carbonyl (C=O) groups excluding carboxylic acids is 2. The second kappa shape index (κ2) is 18.5. The van der Waals surface area contributed by atoms with Crippen molar-refractivity contribution >= 4 is 11.9 Å². The second-order valence-corrected chi connectivity index (χ2v) is 9.28. The van der Waals surface area contributed by atoms with Crippen LogP contribution in [0.5, 0.6) is 0 Å². The van der Waals surface area contributed by atoms with E-state index in [1.807, 2.05) is 13.8 Å². The molecule has 1 aromatic heterocycles. The average molecular weight is 462 g/mol. The van der Waals surface area contributed by atoms with E-state index >= 15 is 0 Å². The van der Waals surface area contributed by atoms with E-state index in [1.165, 1.54) is 70.6 Å². The molecule has 0 saturated heterocycles. The van der Waals surface area contributed by atoms with Crippen molar-refractivity contribution in [1.82, 2.24) is 4.98 Å². The maximum absolute atomic E-state index is 12.3. The minimum absolute atomic E-state index is 0.139. The molecule has 0 N–H and O–H groups in total. The van der Waals surface area contributed by atoms with Gasteiger partial charge in [0.05, 0.1) is 6.61 Å². The van der Waals surface area contributed by atoms with Crippen LogP contribution in [0.1, 0.15) is 139 Å². The molecule has 0 bridgehead atoms. The van der Waals surface area contributed by atoms with Gasteiger partial charge in [0, 0.05) is 0 Å². The third-order valence-electron chi connectivity index (χ3n) is 6.39. The van der Waals surface area contributed by atoms with E-state index in [9.17, 15) is 9.59 Å². The highest BCUT2D eigenvalue weighted by molar-refractivity contribution is 5.91. The van der Waals surface area contributed by atoms with Crippen molar-refractivity contribution in [2.24, 2.45) is 5.92 Å². The number of esters is 2. The number of rotatable bonds is 19. The largest absolute Gasteiger partial charge is 0.461 e. The summed E-state index contributed by atoms with van der Waals surface area (Å²) in [4.78, 5) is 28.7.